The number of para-hydroxylation sites is 1. The number of carboxylic acids is 1. The molecule has 4 nitrogen and oxygen atoms in total. The van der Waals surface area contributed by atoms with E-state index >= 15 is 0 Å². The lowest BCUT2D eigenvalue weighted by molar-refractivity contribution is 0.0699. The van der Waals surface area contributed by atoms with E-state index in [0.717, 1.165) is 12.8 Å². The fourth-order valence-corrected chi connectivity index (χ4v) is 1.49. The number of carboxylic acid groups (broad SMARTS) is 1. The van der Waals surface area contributed by atoms with Gasteiger partial charge in [0.25, 0.3) is 0 Å². The standard InChI is InChI=1S/C11H11NO3/c1-2-4-9-12-10-7(11(13)14)5-3-6-8(10)15-9/h3,5-6H,2,4H2,1H3,(H,13,14). The average Bonchev–Trinajstić information content (AvgIpc) is 2.59. The fraction of sp³-hybridized carbons (Fsp3) is 0.273. The Labute approximate surface area is 86.5 Å². The van der Waals surface area contributed by atoms with Gasteiger partial charge >= 0.3 is 5.97 Å². The van der Waals surface area contributed by atoms with Crippen molar-refractivity contribution in [2.24, 2.45) is 0 Å². The van der Waals surface area contributed by atoms with Crippen molar-refractivity contribution in [3.63, 3.8) is 0 Å². The quantitative estimate of drug-likeness (QED) is 0.836. The van der Waals surface area contributed by atoms with Crippen LogP contribution in [0, 0.1) is 0 Å². The van der Waals surface area contributed by atoms with Crippen molar-refractivity contribution in [1.82, 2.24) is 4.98 Å². The van der Waals surface area contributed by atoms with Gasteiger partial charge in [-0.1, -0.05) is 13.0 Å². The first kappa shape index (κ1) is 9.71. The zero-order valence-electron chi connectivity index (χ0n) is 8.36. The molecule has 15 heavy (non-hydrogen) atoms. The molecule has 0 fully saturated rings. The minimum absolute atomic E-state index is 0.193. The van der Waals surface area contributed by atoms with Crippen LogP contribution in [0.4, 0.5) is 0 Å². The van der Waals surface area contributed by atoms with Gasteiger partial charge in [0, 0.05) is 6.42 Å². The number of hydrogen-bond donors (Lipinski definition) is 1. The van der Waals surface area contributed by atoms with E-state index in [9.17, 15) is 4.79 Å². The summed E-state index contributed by atoms with van der Waals surface area (Å²) in [6.07, 6.45) is 1.66. The Bertz CT molecular complexity index is 502. The van der Waals surface area contributed by atoms with E-state index < -0.39 is 5.97 Å². The van der Waals surface area contributed by atoms with E-state index in [1.165, 1.54) is 6.07 Å². The summed E-state index contributed by atoms with van der Waals surface area (Å²) < 4.78 is 5.42. The summed E-state index contributed by atoms with van der Waals surface area (Å²) in [5.74, 6) is -0.377. The molecular weight excluding hydrogens is 194 g/mol. The maximum absolute atomic E-state index is 10.9. The molecule has 4 heteroatoms. The Kier molecular flexibility index (Phi) is 2.41. The molecule has 0 amide bonds. The van der Waals surface area contributed by atoms with Crippen LogP contribution < -0.4 is 0 Å². The number of aryl methyl sites for hydroxylation is 1. The van der Waals surface area contributed by atoms with E-state index in [-0.39, 0.29) is 5.56 Å². The predicted octanol–water partition coefficient (Wildman–Crippen LogP) is 2.48. The second kappa shape index (κ2) is 3.73. The van der Waals surface area contributed by atoms with Gasteiger partial charge in [0.15, 0.2) is 11.5 Å². The molecule has 2 aromatic rings. The second-order valence-corrected chi connectivity index (χ2v) is 3.32. The van der Waals surface area contributed by atoms with Crippen LogP contribution >= 0.6 is 0 Å². The van der Waals surface area contributed by atoms with E-state index in [1.54, 1.807) is 12.1 Å². The maximum atomic E-state index is 10.9. The lowest BCUT2D eigenvalue weighted by atomic mass is 10.2. The van der Waals surface area contributed by atoms with Crippen molar-refractivity contribution in [1.29, 1.82) is 0 Å². The monoisotopic (exact) mass is 205 g/mol. The molecule has 1 aromatic heterocycles. The van der Waals surface area contributed by atoms with E-state index in [1.807, 2.05) is 6.92 Å². The smallest absolute Gasteiger partial charge is 0.338 e. The first-order valence-electron chi connectivity index (χ1n) is 4.84. The molecule has 1 N–H and O–H groups in total. The van der Waals surface area contributed by atoms with Crippen LogP contribution in [0.3, 0.4) is 0 Å². The number of aromatic nitrogens is 1. The fourth-order valence-electron chi connectivity index (χ4n) is 1.49. The highest BCUT2D eigenvalue weighted by molar-refractivity contribution is 6.00. The van der Waals surface area contributed by atoms with Crippen molar-refractivity contribution in [3.8, 4) is 0 Å². The third kappa shape index (κ3) is 1.70. The number of hydrogen-bond acceptors (Lipinski definition) is 3. The van der Waals surface area contributed by atoms with Gasteiger partial charge in [-0.15, -0.1) is 0 Å². The number of nitrogens with zero attached hydrogens (tertiary/aromatic N) is 1. The Balaban J connectivity index is 2.59. The van der Waals surface area contributed by atoms with Crippen molar-refractivity contribution in [2.45, 2.75) is 19.8 Å². The zero-order chi connectivity index (χ0) is 10.8. The molecule has 0 radical (unpaired) electrons. The normalized spacial score (nSPS) is 10.7. The number of aromatic carboxylic acids is 1. The van der Waals surface area contributed by atoms with Crippen LogP contribution in [0.5, 0.6) is 0 Å². The maximum Gasteiger partial charge on any atom is 0.338 e. The highest BCUT2D eigenvalue weighted by Gasteiger charge is 2.13. The molecule has 0 aliphatic heterocycles. The molecule has 0 aliphatic rings. The molecule has 0 bridgehead atoms. The largest absolute Gasteiger partial charge is 0.478 e. The Morgan fingerprint density at radius 3 is 3.00 bits per heavy atom. The summed E-state index contributed by atoms with van der Waals surface area (Å²) in [5, 5.41) is 8.94. The predicted molar refractivity (Wildman–Crippen MR) is 55.0 cm³/mol. The lowest BCUT2D eigenvalue weighted by Gasteiger charge is -1.92. The molecule has 0 saturated heterocycles. The second-order valence-electron chi connectivity index (χ2n) is 3.32. The molecule has 78 valence electrons. The van der Waals surface area contributed by atoms with Crippen molar-refractivity contribution < 1.29 is 14.3 Å². The SMILES string of the molecule is CCCc1nc2c(C(=O)O)cccc2o1. The Hall–Kier alpha value is -1.84. The van der Waals surface area contributed by atoms with Gasteiger partial charge in [-0.2, -0.15) is 0 Å². The molecule has 0 atom stereocenters. The van der Waals surface area contributed by atoms with E-state index in [2.05, 4.69) is 4.98 Å². The van der Waals surface area contributed by atoms with Gasteiger partial charge in [0.2, 0.25) is 0 Å². The van der Waals surface area contributed by atoms with Crippen molar-refractivity contribution in [3.05, 3.63) is 29.7 Å². The molecular formula is C11H11NO3. The first-order valence-corrected chi connectivity index (χ1v) is 4.84. The zero-order valence-corrected chi connectivity index (χ0v) is 8.36. The minimum Gasteiger partial charge on any atom is -0.478 e. The topological polar surface area (TPSA) is 63.3 Å². The molecule has 0 unspecified atom stereocenters. The third-order valence-electron chi connectivity index (χ3n) is 2.16. The van der Waals surface area contributed by atoms with Crippen LogP contribution in [0.25, 0.3) is 11.1 Å². The van der Waals surface area contributed by atoms with Crippen molar-refractivity contribution >= 4 is 17.1 Å². The van der Waals surface area contributed by atoms with Gasteiger partial charge in [0.05, 0.1) is 5.56 Å². The summed E-state index contributed by atoms with van der Waals surface area (Å²) >= 11 is 0. The summed E-state index contributed by atoms with van der Waals surface area (Å²) in [7, 11) is 0. The van der Waals surface area contributed by atoms with E-state index in [0.29, 0.717) is 17.0 Å². The van der Waals surface area contributed by atoms with Crippen molar-refractivity contribution in [2.75, 3.05) is 0 Å². The Morgan fingerprint density at radius 2 is 2.33 bits per heavy atom. The highest BCUT2D eigenvalue weighted by atomic mass is 16.4. The molecule has 1 aromatic carbocycles. The lowest BCUT2D eigenvalue weighted by Crippen LogP contribution is -1.96. The van der Waals surface area contributed by atoms with Gasteiger partial charge in [-0.05, 0) is 18.6 Å². The Morgan fingerprint density at radius 1 is 1.53 bits per heavy atom. The molecule has 0 aliphatic carbocycles. The summed E-state index contributed by atoms with van der Waals surface area (Å²) in [6, 6.07) is 4.92. The average molecular weight is 205 g/mol. The van der Waals surface area contributed by atoms with Crippen LogP contribution in [0.2, 0.25) is 0 Å². The van der Waals surface area contributed by atoms with Gasteiger partial charge in [-0.3, -0.25) is 0 Å². The number of rotatable bonds is 3. The number of oxazole rings is 1. The van der Waals surface area contributed by atoms with Gasteiger partial charge in [0.1, 0.15) is 5.52 Å². The first-order chi connectivity index (χ1) is 7.22. The van der Waals surface area contributed by atoms with Crippen LogP contribution in [-0.4, -0.2) is 16.1 Å². The van der Waals surface area contributed by atoms with Crippen LogP contribution in [0.15, 0.2) is 22.6 Å². The molecule has 0 saturated carbocycles. The summed E-state index contributed by atoms with van der Waals surface area (Å²) in [4.78, 5) is 15.1. The molecule has 2 rings (SSSR count). The molecule has 0 spiro atoms. The highest BCUT2D eigenvalue weighted by Crippen LogP contribution is 2.20. The minimum atomic E-state index is -0.975. The van der Waals surface area contributed by atoms with E-state index in [4.69, 9.17) is 9.52 Å². The number of fused-ring (bicyclic) bond motifs is 1. The molecule has 1 heterocycles. The third-order valence-corrected chi connectivity index (χ3v) is 2.16. The van der Waals surface area contributed by atoms with Crippen LogP contribution in [-0.2, 0) is 6.42 Å². The van der Waals surface area contributed by atoms with Gasteiger partial charge < -0.3 is 9.52 Å². The summed E-state index contributed by atoms with van der Waals surface area (Å²) in [5.41, 5.74) is 1.17. The summed E-state index contributed by atoms with van der Waals surface area (Å²) in [6.45, 7) is 2.02. The van der Waals surface area contributed by atoms with Gasteiger partial charge in [-0.25, -0.2) is 9.78 Å². The van der Waals surface area contributed by atoms with Crippen LogP contribution in [0.1, 0.15) is 29.6 Å². The number of benzene rings is 1. The number of carbonyl (C=O) groups is 1.